The quantitative estimate of drug-likeness (QED) is 0.644. The van der Waals surface area contributed by atoms with E-state index in [1.54, 1.807) is 6.08 Å². The van der Waals surface area contributed by atoms with Gasteiger partial charge < -0.3 is 10.2 Å². The molecular weight excluding hydrogens is 250 g/mol. The van der Waals surface area contributed by atoms with Crippen molar-refractivity contribution in [3.8, 4) is 0 Å². The first-order chi connectivity index (χ1) is 8.69. The molecule has 106 valence electrons. The number of benzene rings is 1. The summed E-state index contributed by atoms with van der Waals surface area (Å²) in [6.07, 6.45) is 1.66. The molecule has 0 aliphatic carbocycles. The molecule has 0 aliphatic heterocycles. The molecule has 2 N–H and O–H groups in total. The molecule has 0 fully saturated rings. The largest absolute Gasteiger partial charge is 0.408 e. The summed E-state index contributed by atoms with van der Waals surface area (Å²) in [5, 5.41) is 0.168. The van der Waals surface area contributed by atoms with Crippen molar-refractivity contribution in [2.24, 2.45) is 5.73 Å². The second-order valence-electron chi connectivity index (χ2n) is 6.52. The maximum atomic E-state index is 6.48. The number of hydrogen-bond donors (Lipinski definition) is 1. The Morgan fingerprint density at radius 2 is 1.74 bits per heavy atom. The molecule has 1 rings (SSSR count). The fraction of sp³-hybridized carbons (Fsp3) is 0.500. The third-order valence-corrected chi connectivity index (χ3v) is 8.43. The average Bonchev–Trinajstić information content (AvgIpc) is 2.35. The summed E-state index contributed by atoms with van der Waals surface area (Å²) < 4.78 is 6.48. The highest BCUT2D eigenvalue weighted by Gasteiger charge is 2.40. The van der Waals surface area contributed by atoms with Crippen LogP contribution >= 0.6 is 0 Å². The Kier molecular flexibility index (Phi) is 5.13. The molecule has 1 aromatic carbocycles. The third kappa shape index (κ3) is 4.03. The molecule has 0 unspecified atom stereocenters. The Hall–Kier alpha value is -0.903. The van der Waals surface area contributed by atoms with Gasteiger partial charge in [0.1, 0.15) is 0 Å². The standard InChI is InChI=1S/C16H27NOSi/c1-7-14(17)15(13-11-9-8-10-12-13)18-19(5,6)16(2,3)4/h7-12,14-15H,1,17H2,2-6H3/t14-,15-/m1/s1. The molecule has 19 heavy (non-hydrogen) atoms. The molecule has 0 bridgehead atoms. The van der Waals surface area contributed by atoms with Crippen LogP contribution in [0.2, 0.25) is 18.1 Å². The molecule has 1 aromatic rings. The monoisotopic (exact) mass is 277 g/mol. The van der Waals surface area contributed by atoms with Crippen LogP contribution in [0.4, 0.5) is 0 Å². The second kappa shape index (κ2) is 6.03. The van der Waals surface area contributed by atoms with Gasteiger partial charge in [0.2, 0.25) is 0 Å². The molecule has 0 saturated carbocycles. The van der Waals surface area contributed by atoms with E-state index in [1.165, 1.54) is 0 Å². The first-order valence-corrected chi connectivity index (χ1v) is 9.71. The van der Waals surface area contributed by atoms with Crippen molar-refractivity contribution in [2.45, 2.75) is 51.0 Å². The summed E-state index contributed by atoms with van der Waals surface area (Å²) in [6.45, 7) is 15.0. The highest BCUT2D eigenvalue weighted by Crippen LogP contribution is 2.40. The first-order valence-electron chi connectivity index (χ1n) is 6.80. The van der Waals surface area contributed by atoms with E-state index in [9.17, 15) is 0 Å². The van der Waals surface area contributed by atoms with Crippen molar-refractivity contribution in [1.82, 2.24) is 0 Å². The SMILES string of the molecule is C=C[C@@H](N)[C@H](O[Si](C)(C)C(C)(C)C)c1ccccc1. The van der Waals surface area contributed by atoms with Gasteiger partial charge in [0, 0.05) is 0 Å². The maximum Gasteiger partial charge on any atom is 0.193 e. The van der Waals surface area contributed by atoms with Crippen LogP contribution in [0, 0.1) is 0 Å². The van der Waals surface area contributed by atoms with Crippen LogP contribution in [-0.2, 0) is 4.43 Å². The molecule has 0 saturated heterocycles. The van der Waals surface area contributed by atoms with Crippen LogP contribution in [0.1, 0.15) is 32.4 Å². The predicted molar refractivity (Wildman–Crippen MR) is 85.6 cm³/mol. The van der Waals surface area contributed by atoms with Gasteiger partial charge in [-0.05, 0) is 23.7 Å². The van der Waals surface area contributed by atoms with Crippen LogP contribution in [0.25, 0.3) is 0 Å². The van der Waals surface area contributed by atoms with Gasteiger partial charge in [0.15, 0.2) is 8.32 Å². The molecule has 0 radical (unpaired) electrons. The molecule has 0 heterocycles. The summed E-state index contributed by atoms with van der Waals surface area (Å²) in [5.41, 5.74) is 7.30. The zero-order valence-corrected chi connectivity index (χ0v) is 13.8. The van der Waals surface area contributed by atoms with E-state index in [2.05, 4.69) is 52.6 Å². The Balaban J connectivity index is 3.04. The van der Waals surface area contributed by atoms with Crippen molar-refractivity contribution >= 4 is 8.32 Å². The molecule has 0 aliphatic rings. The number of hydrogen-bond acceptors (Lipinski definition) is 2. The van der Waals surface area contributed by atoms with E-state index in [0.29, 0.717) is 0 Å². The fourth-order valence-corrected chi connectivity index (χ4v) is 2.91. The summed E-state index contributed by atoms with van der Waals surface area (Å²) in [4.78, 5) is 0. The van der Waals surface area contributed by atoms with Crippen LogP contribution in [-0.4, -0.2) is 14.4 Å². The smallest absolute Gasteiger partial charge is 0.193 e. The highest BCUT2D eigenvalue weighted by atomic mass is 28.4. The molecule has 0 spiro atoms. The summed E-state index contributed by atoms with van der Waals surface area (Å²) in [5.74, 6) is 0. The lowest BCUT2D eigenvalue weighted by molar-refractivity contribution is 0.169. The Labute approximate surface area is 118 Å². The molecule has 0 aromatic heterocycles. The van der Waals surface area contributed by atoms with E-state index in [1.807, 2.05) is 18.2 Å². The molecule has 0 amide bonds. The summed E-state index contributed by atoms with van der Waals surface area (Å²) >= 11 is 0. The Morgan fingerprint density at radius 1 is 1.21 bits per heavy atom. The van der Waals surface area contributed by atoms with Crippen LogP contribution in [0.5, 0.6) is 0 Å². The van der Waals surface area contributed by atoms with Crippen LogP contribution < -0.4 is 5.73 Å². The highest BCUT2D eigenvalue weighted by molar-refractivity contribution is 6.74. The average molecular weight is 277 g/mol. The second-order valence-corrected chi connectivity index (χ2v) is 11.3. The van der Waals surface area contributed by atoms with Crippen molar-refractivity contribution < 1.29 is 4.43 Å². The predicted octanol–water partition coefficient (Wildman–Crippen LogP) is 4.26. The van der Waals surface area contributed by atoms with Gasteiger partial charge in [-0.15, -0.1) is 6.58 Å². The number of rotatable bonds is 5. The Bertz CT molecular complexity index is 409. The Morgan fingerprint density at radius 3 is 2.16 bits per heavy atom. The van der Waals surface area contributed by atoms with E-state index in [4.69, 9.17) is 10.2 Å². The van der Waals surface area contributed by atoms with Gasteiger partial charge in [0.25, 0.3) is 0 Å². The van der Waals surface area contributed by atoms with Crippen molar-refractivity contribution in [2.75, 3.05) is 0 Å². The topological polar surface area (TPSA) is 35.2 Å². The first kappa shape index (κ1) is 16.2. The molecular formula is C16H27NOSi. The summed E-state index contributed by atoms with van der Waals surface area (Å²) in [6, 6.07) is 10.0. The normalized spacial score (nSPS) is 15.9. The van der Waals surface area contributed by atoms with Crippen LogP contribution in [0.15, 0.2) is 43.0 Å². The lowest BCUT2D eigenvalue weighted by atomic mass is 10.0. The zero-order valence-electron chi connectivity index (χ0n) is 12.8. The minimum atomic E-state index is -1.86. The molecule has 2 nitrogen and oxygen atoms in total. The van der Waals surface area contributed by atoms with E-state index in [-0.39, 0.29) is 17.2 Å². The van der Waals surface area contributed by atoms with Crippen molar-refractivity contribution in [3.63, 3.8) is 0 Å². The zero-order chi connectivity index (χ0) is 14.7. The van der Waals surface area contributed by atoms with Crippen LogP contribution in [0.3, 0.4) is 0 Å². The third-order valence-electron chi connectivity index (χ3n) is 3.98. The van der Waals surface area contributed by atoms with Gasteiger partial charge in [-0.3, -0.25) is 0 Å². The minimum Gasteiger partial charge on any atom is -0.408 e. The molecule has 3 heteroatoms. The minimum absolute atomic E-state index is 0.111. The number of nitrogens with two attached hydrogens (primary N) is 1. The van der Waals surface area contributed by atoms with Gasteiger partial charge in [-0.1, -0.05) is 57.2 Å². The lowest BCUT2D eigenvalue weighted by Gasteiger charge is -2.40. The maximum absolute atomic E-state index is 6.48. The van der Waals surface area contributed by atoms with Gasteiger partial charge in [0.05, 0.1) is 12.1 Å². The molecule has 2 atom stereocenters. The van der Waals surface area contributed by atoms with Crippen molar-refractivity contribution in [1.29, 1.82) is 0 Å². The van der Waals surface area contributed by atoms with Gasteiger partial charge in [-0.2, -0.15) is 0 Å². The summed E-state index contributed by atoms with van der Waals surface area (Å²) in [7, 11) is -1.86. The van der Waals surface area contributed by atoms with E-state index in [0.717, 1.165) is 5.56 Å². The fourth-order valence-electron chi connectivity index (χ4n) is 1.63. The van der Waals surface area contributed by atoms with Gasteiger partial charge in [-0.25, -0.2) is 0 Å². The van der Waals surface area contributed by atoms with Crippen molar-refractivity contribution in [3.05, 3.63) is 48.6 Å². The van der Waals surface area contributed by atoms with E-state index < -0.39 is 8.32 Å². The van der Waals surface area contributed by atoms with E-state index >= 15 is 0 Å². The lowest BCUT2D eigenvalue weighted by Crippen LogP contribution is -2.45. The van der Waals surface area contributed by atoms with Gasteiger partial charge >= 0.3 is 0 Å².